The lowest BCUT2D eigenvalue weighted by Gasteiger charge is -2.19. The smallest absolute Gasteiger partial charge is 0.255 e. The number of rotatable bonds is 3. The van der Waals surface area contributed by atoms with E-state index in [0.29, 0.717) is 5.56 Å². The number of halogens is 1. The van der Waals surface area contributed by atoms with Gasteiger partial charge in [-0.05, 0) is 63.7 Å². The van der Waals surface area contributed by atoms with Crippen LogP contribution in [0.4, 0.5) is 5.69 Å². The summed E-state index contributed by atoms with van der Waals surface area (Å²) in [6.45, 7) is 8.46. The topological polar surface area (TPSA) is 70.7 Å². The van der Waals surface area contributed by atoms with E-state index in [1.165, 1.54) is 5.56 Å². The molecule has 0 atom stereocenters. The third-order valence-corrected chi connectivity index (χ3v) is 5.67. The van der Waals surface area contributed by atoms with Gasteiger partial charge in [-0.3, -0.25) is 4.79 Å². The van der Waals surface area contributed by atoms with Crippen molar-refractivity contribution in [3.05, 3.63) is 76.2 Å². The van der Waals surface area contributed by atoms with Crippen molar-refractivity contribution >= 4 is 38.6 Å². The van der Waals surface area contributed by atoms with E-state index in [1.807, 2.05) is 55.5 Å². The first-order valence-corrected chi connectivity index (χ1v) is 10.5. The number of amides is 1. The molecule has 2 heterocycles. The van der Waals surface area contributed by atoms with Crippen molar-refractivity contribution in [2.24, 2.45) is 0 Å². The summed E-state index contributed by atoms with van der Waals surface area (Å²) < 4.78 is 0.847. The van der Waals surface area contributed by atoms with Gasteiger partial charge in [0.15, 0.2) is 0 Å². The van der Waals surface area contributed by atoms with Gasteiger partial charge in [-0.1, -0.05) is 45.0 Å². The van der Waals surface area contributed by atoms with Crippen molar-refractivity contribution in [1.82, 2.24) is 15.0 Å². The third-order valence-electron chi connectivity index (χ3n) is 5.24. The number of nitrogens with zero attached hydrogens (tertiary/aromatic N) is 2. The van der Waals surface area contributed by atoms with Crippen LogP contribution in [-0.2, 0) is 5.41 Å². The van der Waals surface area contributed by atoms with Crippen LogP contribution >= 0.6 is 15.9 Å². The zero-order valence-corrected chi connectivity index (χ0v) is 19.0. The Morgan fingerprint density at radius 3 is 2.50 bits per heavy atom. The highest BCUT2D eigenvalue weighted by atomic mass is 79.9. The normalized spacial score (nSPS) is 11.6. The van der Waals surface area contributed by atoms with E-state index in [0.717, 1.165) is 38.1 Å². The monoisotopic (exact) mass is 462 g/mol. The summed E-state index contributed by atoms with van der Waals surface area (Å²) >= 11 is 3.46. The standard InChI is InChI=1S/C24H23BrN4O/c1-14-17(21-18-12-20(25)29-22(18)27-13-26-21)6-5-7-19(14)28-23(30)15-8-10-16(11-9-15)24(2,3)4/h5-13H,1-4H3,(H,28,30)(H,26,27,29). The summed E-state index contributed by atoms with van der Waals surface area (Å²) in [6, 6.07) is 15.6. The Bertz CT molecular complexity index is 1240. The maximum atomic E-state index is 12.8. The largest absolute Gasteiger partial charge is 0.334 e. The van der Waals surface area contributed by atoms with E-state index < -0.39 is 0 Å². The van der Waals surface area contributed by atoms with E-state index in [-0.39, 0.29) is 11.3 Å². The van der Waals surface area contributed by atoms with Crippen molar-refractivity contribution in [1.29, 1.82) is 0 Å². The number of carbonyl (C=O) groups is 1. The predicted octanol–water partition coefficient (Wildman–Crippen LogP) is 6.25. The van der Waals surface area contributed by atoms with Gasteiger partial charge < -0.3 is 10.3 Å². The van der Waals surface area contributed by atoms with Crippen molar-refractivity contribution in [3.8, 4) is 11.3 Å². The van der Waals surface area contributed by atoms with Crippen LogP contribution in [0.1, 0.15) is 42.3 Å². The van der Waals surface area contributed by atoms with E-state index in [4.69, 9.17) is 0 Å². The van der Waals surface area contributed by atoms with Crippen LogP contribution in [-0.4, -0.2) is 20.9 Å². The molecular weight excluding hydrogens is 440 g/mol. The van der Waals surface area contributed by atoms with E-state index in [9.17, 15) is 4.79 Å². The molecule has 6 heteroatoms. The number of nitrogens with one attached hydrogen (secondary N) is 2. The summed E-state index contributed by atoms with van der Waals surface area (Å²) in [7, 11) is 0. The Kier molecular flexibility index (Phi) is 5.20. The molecule has 1 amide bonds. The lowest BCUT2D eigenvalue weighted by molar-refractivity contribution is 0.102. The molecule has 0 saturated heterocycles. The molecule has 0 aliphatic heterocycles. The van der Waals surface area contributed by atoms with Gasteiger partial charge in [0.05, 0.1) is 10.3 Å². The first-order chi connectivity index (χ1) is 14.2. The minimum Gasteiger partial charge on any atom is -0.334 e. The number of hydrogen-bond donors (Lipinski definition) is 2. The first-order valence-electron chi connectivity index (χ1n) is 9.75. The third kappa shape index (κ3) is 3.87. The second-order valence-corrected chi connectivity index (χ2v) is 9.22. The Labute approximate surface area is 184 Å². The molecule has 0 saturated carbocycles. The second kappa shape index (κ2) is 7.69. The fraction of sp³-hybridized carbons (Fsp3) is 0.208. The van der Waals surface area contributed by atoms with Crippen molar-refractivity contribution in [2.75, 3.05) is 5.32 Å². The molecule has 0 spiro atoms. The molecule has 4 aromatic rings. The van der Waals surface area contributed by atoms with Crippen LogP contribution in [0.15, 0.2) is 59.5 Å². The zero-order chi connectivity index (χ0) is 21.5. The van der Waals surface area contributed by atoms with Gasteiger partial charge in [-0.15, -0.1) is 0 Å². The fourth-order valence-electron chi connectivity index (χ4n) is 3.47. The molecule has 2 N–H and O–H groups in total. The average Bonchev–Trinajstić information content (AvgIpc) is 3.09. The molecule has 0 aliphatic carbocycles. The van der Waals surface area contributed by atoms with Crippen LogP contribution in [0.3, 0.4) is 0 Å². The molecule has 4 rings (SSSR count). The Morgan fingerprint density at radius 1 is 1.07 bits per heavy atom. The number of H-pyrrole nitrogens is 1. The minimum atomic E-state index is -0.132. The number of carbonyl (C=O) groups excluding carboxylic acids is 1. The number of aromatic amines is 1. The molecular formula is C24H23BrN4O. The maximum Gasteiger partial charge on any atom is 0.255 e. The molecule has 0 radical (unpaired) electrons. The molecule has 0 bridgehead atoms. The number of aromatic nitrogens is 3. The van der Waals surface area contributed by atoms with Gasteiger partial charge in [-0.2, -0.15) is 0 Å². The highest BCUT2D eigenvalue weighted by molar-refractivity contribution is 9.10. The molecule has 5 nitrogen and oxygen atoms in total. The molecule has 30 heavy (non-hydrogen) atoms. The van der Waals surface area contributed by atoms with Crippen LogP contribution in [0, 0.1) is 6.92 Å². The minimum absolute atomic E-state index is 0.0516. The van der Waals surface area contributed by atoms with Gasteiger partial charge in [0.2, 0.25) is 0 Å². The molecule has 2 aromatic carbocycles. The van der Waals surface area contributed by atoms with Gasteiger partial charge >= 0.3 is 0 Å². The number of anilines is 1. The van der Waals surface area contributed by atoms with E-state index in [1.54, 1.807) is 6.33 Å². The quantitative estimate of drug-likeness (QED) is 0.378. The highest BCUT2D eigenvalue weighted by Gasteiger charge is 2.16. The Balaban J connectivity index is 1.66. The molecule has 152 valence electrons. The van der Waals surface area contributed by atoms with Crippen molar-refractivity contribution in [2.45, 2.75) is 33.1 Å². The van der Waals surface area contributed by atoms with Crippen molar-refractivity contribution in [3.63, 3.8) is 0 Å². The summed E-state index contributed by atoms with van der Waals surface area (Å²) in [5, 5.41) is 3.97. The fourth-order valence-corrected chi connectivity index (χ4v) is 3.88. The van der Waals surface area contributed by atoms with Gasteiger partial charge in [0, 0.05) is 22.2 Å². The summed E-state index contributed by atoms with van der Waals surface area (Å²) in [6.07, 6.45) is 1.54. The Morgan fingerprint density at radius 2 is 1.80 bits per heavy atom. The van der Waals surface area contributed by atoms with Crippen LogP contribution in [0.25, 0.3) is 22.3 Å². The highest BCUT2D eigenvalue weighted by Crippen LogP contribution is 2.33. The lowest BCUT2D eigenvalue weighted by Crippen LogP contribution is -2.15. The molecule has 0 aliphatic rings. The molecule has 2 aromatic heterocycles. The summed E-state index contributed by atoms with van der Waals surface area (Å²) in [5.74, 6) is -0.132. The lowest BCUT2D eigenvalue weighted by atomic mass is 9.86. The molecule has 0 fully saturated rings. The van der Waals surface area contributed by atoms with E-state index >= 15 is 0 Å². The number of fused-ring (bicyclic) bond motifs is 1. The van der Waals surface area contributed by atoms with Crippen molar-refractivity contribution < 1.29 is 4.79 Å². The first kappa shape index (κ1) is 20.3. The van der Waals surface area contributed by atoms with Crippen LogP contribution in [0.5, 0.6) is 0 Å². The summed E-state index contributed by atoms with van der Waals surface area (Å²) in [5.41, 5.74) is 6.14. The number of hydrogen-bond acceptors (Lipinski definition) is 3. The van der Waals surface area contributed by atoms with Gasteiger partial charge in [0.25, 0.3) is 5.91 Å². The number of benzene rings is 2. The van der Waals surface area contributed by atoms with Gasteiger partial charge in [0.1, 0.15) is 12.0 Å². The predicted molar refractivity (Wildman–Crippen MR) is 125 cm³/mol. The average molecular weight is 463 g/mol. The zero-order valence-electron chi connectivity index (χ0n) is 17.4. The Hall–Kier alpha value is -2.99. The van der Waals surface area contributed by atoms with E-state index in [2.05, 4.69) is 57.0 Å². The SMILES string of the molecule is Cc1c(NC(=O)c2ccc(C(C)(C)C)cc2)cccc1-c1ncnc2[nH]c(Br)cc12. The maximum absolute atomic E-state index is 12.8. The second-order valence-electron chi connectivity index (χ2n) is 8.36. The molecule has 0 unspecified atom stereocenters. The van der Waals surface area contributed by atoms with Crippen LogP contribution in [0.2, 0.25) is 0 Å². The van der Waals surface area contributed by atoms with Gasteiger partial charge in [-0.25, -0.2) is 9.97 Å². The summed E-state index contributed by atoms with van der Waals surface area (Å²) in [4.78, 5) is 24.8. The van der Waals surface area contributed by atoms with Crippen LogP contribution < -0.4 is 5.32 Å².